The first kappa shape index (κ1) is 14.3. The molecule has 3 heterocycles. The lowest BCUT2D eigenvalue weighted by atomic mass is 9.81. The highest BCUT2D eigenvalue weighted by atomic mass is 16.5. The molecule has 3 aliphatic rings. The van der Waals surface area contributed by atoms with Gasteiger partial charge in [0.05, 0.1) is 6.61 Å². The number of nitrogens with zero attached hydrogens (tertiary/aromatic N) is 2. The number of carboxylic acids is 1. The monoisotopic (exact) mass is 282 g/mol. The molecule has 20 heavy (non-hydrogen) atoms. The first-order chi connectivity index (χ1) is 9.61. The SMILES string of the molecule is CN1C2CCC1CN(CC1(C(=O)O)CCCOC1)CC2. The van der Waals surface area contributed by atoms with Gasteiger partial charge < -0.3 is 14.7 Å². The summed E-state index contributed by atoms with van der Waals surface area (Å²) >= 11 is 0. The lowest BCUT2D eigenvalue weighted by Crippen LogP contribution is -2.50. The van der Waals surface area contributed by atoms with E-state index >= 15 is 0 Å². The van der Waals surface area contributed by atoms with E-state index in [-0.39, 0.29) is 0 Å². The van der Waals surface area contributed by atoms with Crippen LogP contribution < -0.4 is 0 Å². The number of aliphatic carboxylic acids is 1. The molecule has 0 radical (unpaired) electrons. The summed E-state index contributed by atoms with van der Waals surface area (Å²) in [4.78, 5) is 16.6. The van der Waals surface area contributed by atoms with E-state index in [1.54, 1.807) is 0 Å². The van der Waals surface area contributed by atoms with E-state index in [4.69, 9.17) is 4.74 Å². The molecular formula is C15H26N2O3. The van der Waals surface area contributed by atoms with Crippen molar-refractivity contribution in [2.45, 2.75) is 44.2 Å². The van der Waals surface area contributed by atoms with Crippen LogP contribution in [0.5, 0.6) is 0 Å². The summed E-state index contributed by atoms with van der Waals surface area (Å²) in [6.07, 6.45) is 5.36. The second-order valence-electron chi connectivity index (χ2n) is 6.82. The smallest absolute Gasteiger partial charge is 0.313 e. The molecule has 3 atom stereocenters. The molecule has 0 saturated carbocycles. The zero-order chi connectivity index (χ0) is 14.2. The predicted molar refractivity (Wildman–Crippen MR) is 75.8 cm³/mol. The maximum atomic E-state index is 11.7. The summed E-state index contributed by atoms with van der Waals surface area (Å²) in [5.74, 6) is -0.681. The molecule has 0 aromatic carbocycles. The molecule has 0 aliphatic carbocycles. The van der Waals surface area contributed by atoms with Gasteiger partial charge in [-0.15, -0.1) is 0 Å². The van der Waals surface area contributed by atoms with Crippen molar-refractivity contribution in [3.63, 3.8) is 0 Å². The largest absolute Gasteiger partial charge is 0.481 e. The molecule has 3 unspecified atom stereocenters. The number of rotatable bonds is 3. The molecule has 3 fully saturated rings. The van der Waals surface area contributed by atoms with E-state index in [0.717, 1.165) is 25.9 Å². The average Bonchev–Trinajstić information content (AvgIpc) is 2.68. The van der Waals surface area contributed by atoms with Gasteiger partial charge in [0.25, 0.3) is 0 Å². The summed E-state index contributed by atoms with van der Waals surface area (Å²) in [7, 11) is 2.22. The van der Waals surface area contributed by atoms with Crippen LogP contribution in [0.25, 0.3) is 0 Å². The van der Waals surface area contributed by atoms with Gasteiger partial charge in [-0.05, 0) is 45.7 Å². The lowest BCUT2D eigenvalue weighted by molar-refractivity contribution is -0.159. The standard InChI is InChI=1S/C15H26N2O3/c1-16-12-3-4-13(16)9-17(7-5-12)10-15(14(18)19)6-2-8-20-11-15/h12-13H,2-11H2,1H3,(H,18,19). The highest BCUT2D eigenvalue weighted by Crippen LogP contribution is 2.33. The van der Waals surface area contributed by atoms with Gasteiger partial charge in [-0.2, -0.15) is 0 Å². The molecule has 3 saturated heterocycles. The molecule has 114 valence electrons. The lowest BCUT2D eigenvalue weighted by Gasteiger charge is -2.38. The predicted octanol–water partition coefficient (Wildman–Crippen LogP) is 1.04. The summed E-state index contributed by atoms with van der Waals surface area (Å²) in [6.45, 7) is 3.78. The number of likely N-dealkylation sites (N-methyl/N-ethyl adjacent to an activating group) is 1. The molecule has 0 aromatic rings. The second-order valence-corrected chi connectivity index (χ2v) is 6.82. The first-order valence-corrected chi connectivity index (χ1v) is 7.86. The minimum atomic E-state index is -0.681. The molecular weight excluding hydrogens is 256 g/mol. The van der Waals surface area contributed by atoms with Crippen LogP contribution in [0.3, 0.4) is 0 Å². The number of ether oxygens (including phenoxy) is 1. The zero-order valence-electron chi connectivity index (χ0n) is 12.4. The maximum absolute atomic E-state index is 11.7. The Morgan fingerprint density at radius 3 is 2.85 bits per heavy atom. The van der Waals surface area contributed by atoms with E-state index in [2.05, 4.69) is 16.8 Å². The summed E-state index contributed by atoms with van der Waals surface area (Å²) < 4.78 is 5.48. The number of hydrogen-bond donors (Lipinski definition) is 1. The van der Waals surface area contributed by atoms with Gasteiger partial charge >= 0.3 is 5.97 Å². The van der Waals surface area contributed by atoms with Crippen molar-refractivity contribution in [1.82, 2.24) is 9.80 Å². The van der Waals surface area contributed by atoms with Gasteiger partial charge in [-0.1, -0.05) is 0 Å². The number of hydrogen-bond acceptors (Lipinski definition) is 4. The Morgan fingerprint density at radius 2 is 2.15 bits per heavy atom. The average molecular weight is 282 g/mol. The molecule has 3 aliphatic heterocycles. The summed E-state index contributed by atoms with van der Waals surface area (Å²) in [5.41, 5.74) is -0.680. The van der Waals surface area contributed by atoms with Crippen LogP contribution >= 0.6 is 0 Å². The molecule has 1 N–H and O–H groups in total. The van der Waals surface area contributed by atoms with Gasteiger partial charge in [0.2, 0.25) is 0 Å². The summed E-state index contributed by atoms with van der Waals surface area (Å²) in [5, 5.41) is 9.66. The van der Waals surface area contributed by atoms with Gasteiger partial charge in [0, 0.05) is 31.8 Å². The zero-order valence-corrected chi connectivity index (χ0v) is 12.4. The molecule has 5 nitrogen and oxygen atoms in total. The van der Waals surface area contributed by atoms with E-state index in [1.165, 1.54) is 19.3 Å². The third kappa shape index (κ3) is 2.59. The quantitative estimate of drug-likeness (QED) is 0.838. The van der Waals surface area contributed by atoms with Crippen molar-refractivity contribution in [3.8, 4) is 0 Å². The Morgan fingerprint density at radius 1 is 1.35 bits per heavy atom. The maximum Gasteiger partial charge on any atom is 0.313 e. The number of carbonyl (C=O) groups is 1. The minimum absolute atomic E-state index is 0.378. The Hall–Kier alpha value is -0.650. The number of likely N-dealkylation sites (tertiary alicyclic amines) is 1. The van der Waals surface area contributed by atoms with Crippen LogP contribution in [-0.4, -0.2) is 72.9 Å². The van der Waals surface area contributed by atoms with E-state index < -0.39 is 11.4 Å². The van der Waals surface area contributed by atoms with Crippen molar-refractivity contribution >= 4 is 5.97 Å². The van der Waals surface area contributed by atoms with Gasteiger partial charge in [-0.25, -0.2) is 0 Å². The van der Waals surface area contributed by atoms with Crippen LogP contribution in [0.4, 0.5) is 0 Å². The van der Waals surface area contributed by atoms with Crippen molar-refractivity contribution < 1.29 is 14.6 Å². The van der Waals surface area contributed by atoms with Gasteiger partial charge in [0.15, 0.2) is 0 Å². The first-order valence-electron chi connectivity index (χ1n) is 7.86. The molecule has 5 heteroatoms. The van der Waals surface area contributed by atoms with Crippen molar-refractivity contribution in [2.24, 2.45) is 5.41 Å². The fourth-order valence-corrected chi connectivity index (χ4v) is 4.16. The summed E-state index contributed by atoms with van der Waals surface area (Å²) in [6, 6.07) is 1.31. The highest BCUT2D eigenvalue weighted by molar-refractivity contribution is 5.75. The molecule has 3 rings (SSSR count). The highest BCUT2D eigenvalue weighted by Gasteiger charge is 2.44. The number of fused-ring (bicyclic) bond motifs is 2. The number of carboxylic acid groups (broad SMARTS) is 1. The fourth-order valence-electron chi connectivity index (χ4n) is 4.16. The van der Waals surface area contributed by atoms with Crippen LogP contribution in [-0.2, 0) is 9.53 Å². The Kier molecular flexibility index (Phi) is 4.02. The van der Waals surface area contributed by atoms with E-state index in [9.17, 15) is 9.90 Å². The topological polar surface area (TPSA) is 53.0 Å². The van der Waals surface area contributed by atoms with E-state index in [1.807, 2.05) is 0 Å². The third-order valence-electron chi connectivity index (χ3n) is 5.53. The van der Waals surface area contributed by atoms with Crippen molar-refractivity contribution in [2.75, 3.05) is 39.9 Å². The minimum Gasteiger partial charge on any atom is -0.481 e. The van der Waals surface area contributed by atoms with Crippen molar-refractivity contribution in [1.29, 1.82) is 0 Å². The van der Waals surface area contributed by atoms with Gasteiger partial charge in [0.1, 0.15) is 5.41 Å². The Bertz CT molecular complexity index is 368. The molecule has 2 bridgehead atoms. The second kappa shape index (κ2) is 5.62. The molecule has 0 aromatic heterocycles. The normalized spacial score (nSPS) is 39.6. The van der Waals surface area contributed by atoms with Crippen LogP contribution in [0.15, 0.2) is 0 Å². The fraction of sp³-hybridized carbons (Fsp3) is 0.933. The molecule has 0 spiro atoms. The van der Waals surface area contributed by atoms with Crippen LogP contribution in [0.2, 0.25) is 0 Å². The third-order valence-corrected chi connectivity index (χ3v) is 5.53. The van der Waals surface area contributed by atoms with Crippen LogP contribution in [0.1, 0.15) is 32.1 Å². The van der Waals surface area contributed by atoms with E-state index in [0.29, 0.717) is 31.8 Å². The van der Waals surface area contributed by atoms with Crippen LogP contribution in [0, 0.1) is 5.41 Å². The Labute approximate surface area is 120 Å². The van der Waals surface area contributed by atoms with Crippen molar-refractivity contribution in [3.05, 3.63) is 0 Å². The Balaban J connectivity index is 1.68. The van der Waals surface area contributed by atoms with Gasteiger partial charge in [-0.3, -0.25) is 9.69 Å². The molecule has 0 amide bonds.